The van der Waals surface area contributed by atoms with Gasteiger partial charge in [-0.05, 0) is 79.2 Å². The molecule has 240 valence electrons. The molecule has 0 saturated heterocycles. The van der Waals surface area contributed by atoms with E-state index in [0.717, 1.165) is 44.5 Å². The van der Waals surface area contributed by atoms with Gasteiger partial charge in [-0.2, -0.15) is 0 Å². The average Bonchev–Trinajstić information content (AvgIpc) is 3.83. The molecule has 0 fully saturated rings. The quantitative estimate of drug-likeness (QED) is 0.173. The Kier molecular flexibility index (Phi) is 5.43. The summed E-state index contributed by atoms with van der Waals surface area (Å²) in [6.45, 7) is 0. The SMILES string of the molecule is c1ccc2c(c1)-c1oc3ccccc3c1C21c2cc(-c3c4ccccc4c(-c4cccc5cccnc45)c4ccccc34)ccc2-c2ncccc21. The number of pyridine rings is 2. The van der Waals surface area contributed by atoms with Gasteiger partial charge in [0.05, 0.1) is 16.6 Å². The zero-order valence-corrected chi connectivity index (χ0v) is 28.0. The fourth-order valence-electron chi connectivity index (χ4n) is 9.63. The minimum absolute atomic E-state index is 0.576. The molecule has 3 heteroatoms. The second-order valence-corrected chi connectivity index (χ2v) is 14.0. The van der Waals surface area contributed by atoms with Crippen molar-refractivity contribution in [2.45, 2.75) is 5.41 Å². The van der Waals surface area contributed by atoms with E-state index in [-0.39, 0.29) is 0 Å². The molecular weight excluding hydrogens is 633 g/mol. The van der Waals surface area contributed by atoms with Gasteiger partial charge in [0.25, 0.3) is 0 Å². The smallest absolute Gasteiger partial charge is 0.140 e. The summed E-state index contributed by atoms with van der Waals surface area (Å²) in [5.74, 6) is 0.953. The summed E-state index contributed by atoms with van der Waals surface area (Å²) in [4.78, 5) is 9.96. The van der Waals surface area contributed by atoms with E-state index < -0.39 is 5.41 Å². The fourth-order valence-corrected chi connectivity index (χ4v) is 9.63. The predicted molar refractivity (Wildman–Crippen MR) is 211 cm³/mol. The van der Waals surface area contributed by atoms with Gasteiger partial charge in [-0.25, -0.2) is 0 Å². The molecular formula is C49H28N2O. The topological polar surface area (TPSA) is 38.9 Å². The molecule has 12 rings (SSSR count). The lowest BCUT2D eigenvalue weighted by Crippen LogP contribution is -2.26. The van der Waals surface area contributed by atoms with Crippen LogP contribution in [-0.4, -0.2) is 9.97 Å². The highest BCUT2D eigenvalue weighted by Crippen LogP contribution is 2.65. The van der Waals surface area contributed by atoms with E-state index in [1.807, 2.05) is 18.5 Å². The number of para-hydroxylation sites is 2. The summed E-state index contributed by atoms with van der Waals surface area (Å²) in [5, 5.41) is 7.14. The van der Waals surface area contributed by atoms with Crippen LogP contribution in [0.2, 0.25) is 0 Å². The maximum Gasteiger partial charge on any atom is 0.140 e. The Hall–Kier alpha value is -6.84. The maximum atomic E-state index is 6.74. The molecule has 1 spiro atoms. The van der Waals surface area contributed by atoms with Crippen LogP contribution in [0.5, 0.6) is 0 Å². The Bertz CT molecular complexity index is 3090. The number of aromatic nitrogens is 2. The van der Waals surface area contributed by atoms with Gasteiger partial charge in [0, 0.05) is 45.4 Å². The summed E-state index contributed by atoms with van der Waals surface area (Å²) in [7, 11) is 0. The van der Waals surface area contributed by atoms with Gasteiger partial charge in [0.15, 0.2) is 0 Å². The van der Waals surface area contributed by atoms with E-state index in [1.54, 1.807) is 0 Å². The Labute approximate surface area is 299 Å². The third-order valence-electron chi connectivity index (χ3n) is 11.6. The van der Waals surface area contributed by atoms with Crippen LogP contribution in [0, 0.1) is 0 Å². The number of furan rings is 1. The summed E-state index contributed by atoms with van der Waals surface area (Å²) >= 11 is 0. The molecule has 1 unspecified atom stereocenters. The van der Waals surface area contributed by atoms with E-state index in [0.29, 0.717) is 0 Å². The second-order valence-electron chi connectivity index (χ2n) is 14.0. The molecule has 10 aromatic rings. The number of hydrogen-bond acceptors (Lipinski definition) is 3. The van der Waals surface area contributed by atoms with Crippen molar-refractivity contribution in [1.82, 2.24) is 9.97 Å². The first-order chi connectivity index (χ1) is 25.8. The minimum Gasteiger partial charge on any atom is -0.456 e. The molecule has 7 aromatic carbocycles. The molecule has 2 aliphatic rings. The average molecular weight is 661 g/mol. The maximum absolute atomic E-state index is 6.74. The molecule has 0 aliphatic heterocycles. The lowest BCUT2D eigenvalue weighted by atomic mass is 9.70. The van der Waals surface area contributed by atoms with Crippen LogP contribution in [-0.2, 0) is 5.41 Å². The molecule has 0 amide bonds. The number of nitrogens with zero attached hydrogens (tertiary/aromatic N) is 2. The Balaban J connectivity index is 1.21. The van der Waals surface area contributed by atoms with Crippen LogP contribution in [0.25, 0.3) is 88.3 Å². The Morgan fingerprint density at radius 2 is 1.08 bits per heavy atom. The third kappa shape index (κ3) is 3.40. The first kappa shape index (κ1) is 27.9. The molecule has 0 radical (unpaired) electrons. The van der Waals surface area contributed by atoms with Crippen molar-refractivity contribution in [2.75, 3.05) is 0 Å². The summed E-state index contributed by atoms with van der Waals surface area (Å²) in [6, 6.07) is 57.1. The zero-order chi connectivity index (χ0) is 34.0. The Morgan fingerprint density at radius 3 is 1.90 bits per heavy atom. The highest BCUT2D eigenvalue weighted by atomic mass is 16.3. The monoisotopic (exact) mass is 660 g/mol. The lowest BCUT2D eigenvalue weighted by Gasteiger charge is -2.30. The summed E-state index contributed by atoms with van der Waals surface area (Å²) < 4.78 is 6.74. The molecule has 2 aliphatic carbocycles. The van der Waals surface area contributed by atoms with Crippen LogP contribution < -0.4 is 0 Å². The van der Waals surface area contributed by atoms with E-state index in [2.05, 4.69) is 152 Å². The fraction of sp³-hybridized carbons (Fsp3) is 0.0204. The normalized spacial score (nSPS) is 15.4. The van der Waals surface area contributed by atoms with Crippen LogP contribution >= 0.6 is 0 Å². The first-order valence-corrected chi connectivity index (χ1v) is 17.8. The van der Waals surface area contributed by atoms with Gasteiger partial charge < -0.3 is 4.42 Å². The van der Waals surface area contributed by atoms with Crippen molar-refractivity contribution >= 4 is 43.4 Å². The van der Waals surface area contributed by atoms with Gasteiger partial charge in [0.2, 0.25) is 0 Å². The van der Waals surface area contributed by atoms with E-state index in [9.17, 15) is 0 Å². The van der Waals surface area contributed by atoms with Crippen molar-refractivity contribution in [2.24, 2.45) is 0 Å². The van der Waals surface area contributed by atoms with Crippen molar-refractivity contribution in [1.29, 1.82) is 0 Å². The van der Waals surface area contributed by atoms with Crippen LogP contribution in [0.4, 0.5) is 0 Å². The molecule has 3 nitrogen and oxygen atoms in total. The third-order valence-corrected chi connectivity index (χ3v) is 11.6. The number of fused-ring (bicyclic) bond motifs is 15. The summed E-state index contributed by atoms with van der Waals surface area (Å²) in [5.41, 5.74) is 14.4. The van der Waals surface area contributed by atoms with Gasteiger partial charge in [-0.3, -0.25) is 9.97 Å². The molecule has 1 atom stereocenters. The zero-order valence-electron chi connectivity index (χ0n) is 28.0. The standard InChI is InChI=1S/C49H28N2O/c1-3-16-33-31(14-1)43(32-15-2-4-17-34(32)44(33)38-20-9-12-29-13-10-26-50-46(29)38)30-24-25-35-41(28-30)49(40-22-11-27-51-47(35)40)39-21-7-5-18-36(39)48-45(49)37-19-6-8-23-42(37)52-48/h1-28H. The van der Waals surface area contributed by atoms with E-state index >= 15 is 0 Å². The van der Waals surface area contributed by atoms with Crippen molar-refractivity contribution < 1.29 is 4.42 Å². The van der Waals surface area contributed by atoms with Crippen molar-refractivity contribution in [3.63, 3.8) is 0 Å². The summed E-state index contributed by atoms with van der Waals surface area (Å²) in [6.07, 6.45) is 3.82. The van der Waals surface area contributed by atoms with Gasteiger partial charge >= 0.3 is 0 Å². The largest absolute Gasteiger partial charge is 0.456 e. The molecule has 0 bridgehead atoms. The molecule has 0 N–H and O–H groups in total. The molecule has 0 saturated carbocycles. The number of rotatable bonds is 2. The number of benzene rings is 7. The van der Waals surface area contributed by atoms with E-state index in [1.165, 1.54) is 66.1 Å². The molecule has 3 aromatic heterocycles. The predicted octanol–water partition coefficient (Wildman–Crippen LogP) is 12.4. The van der Waals surface area contributed by atoms with Gasteiger partial charge in [-0.1, -0.05) is 133 Å². The highest BCUT2D eigenvalue weighted by Gasteiger charge is 2.55. The first-order valence-electron chi connectivity index (χ1n) is 17.8. The van der Waals surface area contributed by atoms with Crippen molar-refractivity contribution in [3.8, 4) is 44.8 Å². The Morgan fingerprint density at radius 1 is 0.442 bits per heavy atom. The van der Waals surface area contributed by atoms with Crippen molar-refractivity contribution in [3.05, 3.63) is 192 Å². The number of hydrogen-bond donors (Lipinski definition) is 0. The molecule has 52 heavy (non-hydrogen) atoms. The van der Waals surface area contributed by atoms with Gasteiger partial charge in [-0.15, -0.1) is 0 Å². The van der Waals surface area contributed by atoms with E-state index in [4.69, 9.17) is 14.4 Å². The highest BCUT2D eigenvalue weighted by molar-refractivity contribution is 6.23. The van der Waals surface area contributed by atoms with Crippen LogP contribution in [0.1, 0.15) is 22.3 Å². The second kappa shape index (κ2) is 10.1. The minimum atomic E-state index is -0.576. The van der Waals surface area contributed by atoms with Crippen LogP contribution in [0.3, 0.4) is 0 Å². The van der Waals surface area contributed by atoms with Gasteiger partial charge in [0.1, 0.15) is 11.3 Å². The lowest BCUT2D eigenvalue weighted by molar-refractivity contribution is 0.628. The van der Waals surface area contributed by atoms with Crippen LogP contribution in [0.15, 0.2) is 175 Å². The molecule has 3 heterocycles.